The maximum atomic E-state index is 4.96. The van der Waals surface area contributed by atoms with Crippen LogP contribution in [-0.4, -0.2) is 25.6 Å². The van der Waals surface area contributed by atoms with Crippen LogP contribution in [0.2, 0.25) is 0 Å². The summed E-state index contributed by atoms with van der Waals surface area (Å²) in [5, 5.41) is 8.19. The van der Waals surface area contributed by atoms with E-state index in [-0.39, 0.29) is 0 Å². The third-order valence-electron chi connectivity index (χ3n) is 2.68. The van der Waals surface area contributed by atoms with Crippen molar-refractivity contribution in [3.05, 3.63) is 71.8 Å². The summed E-state index contributed by atoms with van der Waals surface area (Å²) in [6, 6.07) is 19.5. The molecule has 0 atom stereocenters. The fourth-order valence-corrected chi connectivity index (χ4v) is 1.84. The zero-order valence-electron chi connectivity index (χ0n) is 11.5. The van der Waals surface area contributed by atoms with E-state index in [1.807, 2.05) is 60.7 Å². The molecule has 0 bridgehead atoms. The van der Waals surface area contributed by atoms with Gasteiger partial charge in [0.05, 0.1) is 0 Å². The van der Waals surface area contributed by atoms with Crippen LogP contribution in [0, 0.1) is 0 Å². The molecule has 0 spiro atoms. The van der Waals surface area contributed by atoms with E-state index >= 15 is 0 Å². The van der Waals surface area contributed by atoms with Gasteiger partial charge in [-0.3, -0.25) is 0 Å². The lowest BCUT2D eigenvalue weighted by Crippen LogP contribution is -2.18. The first-order valence-corrected chi connectivity index (χ1v) is 6.20. The van der Waals surface area contributed by atoms with Gasteiger partial charge >= 0.3 is 0 Å². The predicted molar refractivity (Wildman–Crippen MR) is 80.0 cm³/mol. The summed E-state index contributed by atoms with van der Waals surface area (Å²) in [6.45, 7) is 0. The van der Waals surface area contributed by atoms with Crippen LogP contribution in [0.15, 0.2) is 71.0 Å². The van der Waals surface area contributed by atoms with E-state index in [2.05, 4.69) is 10.3 Å². The van der Waals surface area contributed by atoms with E-state index < -0.39 is 0 Å². The van der Waals surface area contributed by atoms with Gasteiger partial charge in [-0.05, 0) is 0 Å². The van der Waals surface area contributed by atoms with Crippen molar-refractivity contribution in [2.45, 2.75) is 0 Å². The zero-order valence-corrected chi connectivity index (χ0v) is 11.5. The van der Waals surface area contributed by atoms with Crippen LogP contribution in [0.4, 0.5) is 0 Å². The molecule has 4 heteroatoms. The second kappa shape index (κ2) is 7.09. The number of benzene rings is 2. The second-order valence-corrected chi connectivity index (χ2v) is 3.98. The van der Waals surface area contributed by atoms with Gasteiger partial charge in [-0.25, -0.2) is 0 Å². The molecule has 2 aromatic rings. The highest BCUT2D eigenvalue weighted by atomic mass is 16.6. The standard InChI is InChI=1S/C16H16N2O2/c1-19-17-15(13-9-5-3-6-10-13)16(18-20-2)14-11-7-4-8-12-14/h3-12H,1-2H3/b17-15-,18-16+. The second-order valence-electron chi connectivity index (χ2n) is 3.98. The van der Waals surface area contributed by atoms with Gasteiger partial charge in [0.2, 0.25) is 0 Å². The van der Waals surface area contributed by atoms with E-state index in [0.29, 0.717) is 11.4 Å². The molecule has 2 rings (SSSR count). The van der Waals surface area contributed by atoms with Crippen molar-refractivity contribution in [3.8, 4) is 0 Å². The lowest BCUT2D eigenvalue weighted by atomic mass is 10.00. The molecule has 0 aliphatic rings. The summed E-state index contributed by atoms with van der Waals surface area (Å²) in [4.78, 5) is 9.92. The lowest BCUT2D eigenvalue weighted by Gasteiger charge is -2.09. The van der Waals surface area contributed by atoms with Crippen LogP contribution < -0.4 is 0 Å². The van der Waals surface area contributed by atoms with Gasteiger partial charge in [-0.1, -0.05) is 71.0 Å². The van der Waals surface area contributed by atoms with E-state index in [9.17, 15) is 0 Å². The summed E-state index contributed by atoms with van der Waals surface area (Å²) in [5.41, 5.74) is 3.07. The van der Waals surface area contributed by atoms with Gasteiger partial charge < -0.3 is 9.68 Å². The summed E-state index contributed by atoms with van der Waals surface area (Å²) in [6.07, 6.45) is 0. The molecule has 2 aromatic carbocycles. The van der Waals surface area contributed by atoms with Gasteiger partial charge in [-0.2, -0.15) is 0 Å². The Bertz CT molecular complexity index is 537. The number of nitrogens with zero attached hydrogens (tertiary/aromatic N) is 2. The molecule has 4 nitrogen and oxygen atoms in total. The Hall–Kier alpha value is -2.62. The van der Waals surface area contributed by atoms with Crippen LogP contribution >= 0.6 is 0 Å². The molecule has 20 heavy (non-hydrogen) atoms. The molecule has 0 fully saturated rings. The number of oxime groups is 2. The van der Waals surface area contributed by atoms with Crippen molar-refractivity contribution >= 4 is 11.4 Å². The Morgan fingerprint density at radius 1 is 0.650 bits per heavy atom. The molecule has 0 N–H and O–H groups in total. The SMILES string of the molecule is CO/N=C(\C(=N\OC)c1ccccc1)c1ccccc1. The molecule has 0 aliphatic heterocycles. The molecule has 0 radical (unpaired) electrons. The first kappa shape index (κ1) is 13.8. The monoisotopic (exact) mass is 268 g/mol. The zero-order chi connectivity index (χ0) is 14.2. The average Bonchev–Trinajstić information content (AvgIpc) is 2.52. The molecule has 0 amide bonds. The maximum absolute atomic E-state index is 4.96. The minimum Gasteiger partial charge on any atom is -0.399 e. The van der Waals surface area contributed by atoms with Crippen LogP contribution in [0.1, 0.15) is 11.1 Å². The van der Waals surface area contributed by atoms with E-state index in [1.165, 1.54) is 14.2 Å². The van der Waals surface area contributed by atoms with Crippen molar-refractivity contribution in [1.82, 2.24) is 0 Å². The quantitative estimate of drug-likeness (QED) is 0.617. The first-order chi connectivity index (χ1) is 9.86. The molecule has 0 unspecified atom stereocenters. The lowest BCUT2D eigenvalue weighted by molar-refractivity contribution is 0.210. The Morgan fingerprint density at radius 3 is 1.30 bits per heavy atom. The number of rotatable bonds is 5. The third kappa shape index (κ3) is 3.23. The Balaban J connectivity index is 2.51. The highest BCUT2D eigenvalue weighted by Gasteiger charge is 2.15. The highest BCUT2D eigenvalue weighted by Crippen LogP contribution is 2.11. The fourth-order valence-electron chi connectivity index (χ4n) is 1.84. The molecular weight excluding hydrogens is 252 g/mol. The molecule has 0 heterocycles. The smallest absolute Gasteiger partial charge is 0.139 e. The third-order valence-corrected chi connectivity index (χ3v) is 2.68. The van der Waals surface area contributed by atoms with Gasteiger partial charge in [0.15, 0.2) is 0 Å². The summed E-state index contributed by atoms with van der Waals surface area (Å²) in [5.74, 6) is 0. The fraction of sp³-hybridized carbons (Fsp3) is 0.125. The Morgan fingerprint density at radius 2 is 1.00 bits per heavy atom. The highest BCUT2D eigenvalue weighted by molar-refractivity contribution is 6.53. The molecule has 0 saturated carbocycles. The van der Waals surface area contributed by atoms with Crippen molar-refractivity contribution in [2.75, 3.05) is 14.2 Å². The summed E-state index contributed by atoms with van der Waals surface area (Å²) < 4.78 is 0. The topological polar surface area (TPSA) is 43.2 Å². The normalized spacial score (nSPS) is 12.1. The van der Waals surface area contributed by atoms with Crippen molar-refractivity contribution in [2.24, 2.45) is 10.3 Å². The molecule has 0 aliphatic carbocycles. The van der Waals surface area contributed by atoms with Crippen LogP contribution in [0.5, 0.6) is 0 Å². The average molecular weight is 268 g/mol. The maximum Gasteiger partial charge on any atom is 0.139 e. The van der Waals surface area contributed by atoms with Crippen LogP contribution in [0.3, 0.4) is 0 Å². The Kier molecular flexibility index (Phi) is 4.89. The van der Waals surface area contributed by atoms with Crippen LogP contribution in [0.25, 0.3) is 0 Å². The van der Waals surface area contributed by atoms with Gasteiger partial charge in [0, 0.05) is 11.1 Å². The predicted octanol–water partition coefficient (Wildman–Crippen LogP) is 3.09. The van der Waals surface area contributed by atoms with E-state index in [4.69, 9.17) is 9.68 Å². The summed E-state index contributed by atoms with van der Waals surface area (Å²) >= 11 is 0. The van der Waals surface area contributed by atoms with E-state index in [0.717, 1.165) is 11.1 Å². The van der Waals surface area contributed by atoms with Gasteiger partial charge in [0.25, 0.3) is 0 Å². The van der Waals surface area contributed by atoms with Crippen molar-refractivity contribution in [1.29, 1.82) is 0 Å². The summed E-state index contributed by atoms with van der Waals surface area (Å²) in [7, 11) is 3.02. The van der Waals surface area contributed by atoms with Crippen molar-refractivity contribution in [3.63, 3.8) is 0 Å². The largest absolute Gasteiger partial charge is 0.399 e. The van der Waals surface area contributed by atoms with Crippen LogP contribution in [-0.2, 0) is 9.68 Å². The molecule has 0 aromatic heterocycles. The number of hydrogen-bond donors (Lipinski definition) is 0. The first-order valence-electron chi connectivity index (χ1n) is 6.20. The minimum absolute atomic E-state index is 0.626. The molecular formula is C16H16N2O2. The van der Waals surface area contributed by atoms with Crippen molar-refractivity contribution < 1.29 is 9.68 Å². The van der Waals surface area contributed by atoms with E-state index in [1.54, 1.807) is 0 Å². The Labute approximate surface area is 118 Å². The number of hydrogen-bond acceptors (Lipinski definition) is 4. The minimum atomic E-state index is 0.626. The molecule has 102 valence electrons. The van der Waals surface area contributed by atoms with Gasteiger partial charge in [-0.15, -0.1) is 0 Å². The van der Waals surface area contributed by atoms with Gasteiger partial charge in [0.1, 0.15) is 25.6 Å². The molecule has 0 saturated heterocycles.